The zero-order valence-corrected chi connectivity index (χ0v) is 12.4. The molecule has 0 saturated heterocycles. The van der Waals surface area contributed by atoms with Crippen molar-refractivity contribution in [2.75, 3.05) is 5.32 Å². The second-order valence-electron chi connectivity index (χ2n) is 4.63. The SMILES string of the molecule is Cn1ccn(CCC(=O)Nc2cccc(C(N)=S)c2)c1=O. The maximum atomic E-state index is 11.9. The molecule has 0 fully saturated rings. The predicted molar refractivity (Wildman–Crippen MR) is 85.2 cm³/mol. The predicted octanol–water partition coefficient (Wildman–Crippen LogP) is 0.850. The lowest BCUT2D eigenvalue weighted by molar-refractivity contribution is -0.116. The van der Waals surface area contributed by atoms with E-state index in [0.717, 1.165) is 0 Å². The molecule has 21 heavy (non-hydrogen) atoms. The number of benzene rings is 1. The minimum absolute atomic E-state index is 0.140. The van der Waals surface area contributed by atoms with Gasteiger partial charge < -0.3 is 15.6 Å². The van der Waals surface area contributed by atoms with Crippen LogP contribution >= 0.6 is 12.2 Å². The summed E-state index contributed by atoms with van der Waals surface area (Å²) in [5.41, 5.74) is 6.73. The van der Waals surface area contributed by atoms with Crippen LogP contribution < -0.4 is 16.7 Å². The molecule has 6 nitrogen and oxygen atoms in total. The van der Waals surface area contributed by atoms with Crippen molar-refractivity contribution in [1.82, 2.24) is 9.13 Å². The molecule has 7 heteroatoms. The number of amides is 1. The van der Waals surface area contributed by atoms with E-state index in [1.807, 2.05) is 0 Å². The number of nitrogens with two attached hydrogens (primary N) is 1. The van der Waals surface area contributed by atoms with Gasteiger partial charge in [0.1, 0.15) is 4.99 Å². The Morgan fingerprint density at radius 1 is 1.38 bits per heavy atom. The van der Waals surface area contributed by atoms with Gasteiger partial charge in [-0.05, 0) is 12.1 Å². The number of anilines is 1. The zero-order valence-electron chi connectivity index (χ0n) is 11.6. The first-order chi connectivity index (χ1) is 9.97. The maximum absolute atomic E-state index is 11.9. The Bertz CT molecular complexity index is 733. The molecule has 0 saturated carbocycles. The van der Waals surface area contributed by atoms with Gasteiger partial charge in [-0.15, -0.1) is 0 Å². The number of imidazole rings is 1. The summed E-state index contributed by atoms with van der Waals surface area (Å²) >= 11 is 4.89. The van der Waals surface area contributed by atoms with Gasteiger partial charge in [0.25, 0.3) is 0 Å². The molecular weight excluding hydrogens is 288 g/mol. The highest BCUT2D eigenvalue weighted by atomic mass is 32.1. The number of carbonyl (C=O) groups is 1. The van der Waals surface area contributed by atoms with Crippen LogP contribution in [-0.4, -0.2) is 20.0 Å². The Hall–Kier alpha value is -2.41. The number of carbonyl (C=O) groups excluding carboxylic acids is 1. The fourth-order valence-corrected chi connectivity index (χ4v) is 2.00. The minimum Gasteiger partial charge on any atom is -0.389 e. The number of hydrogen-bond acceptors (Lipinski definition) is 3. The Balaban J connectivity index is 1.96. The molecule has 1 heterocycles. The lowest BCUT2D eigenvalue weighted by Crippen LogP contribution is -2.24. The number of thiocarbonyl (C=S) groups is 1. The van der Waals surface area contributed by atoms with E-state index in [1.54, 1.807) is 43.7 Å². The molecule has 0 aliphatic carbocycles. The zero-order chi connectivity index (χ0) is 15.4. The van der Waals surface area contributed by atoms with E-state index in [2.05, 4.69) is 5.32 Å². The van der Waals surface area contributed by atoms with Crippen LogP contribution in [0.3, 0.4) is 0 Å². The van der Waals surface area contributed by atoms with Crippen LogP contribution in [-0.2, 0) is 18.4 Å². The van der Waals surface area contributed by atoms with E-state index in [1.165, 1.54) is 9.13 Å². The summed E-state index contributed by atoms with van der Waals surface area (Å²) in [5, 5.41) is 2.76. The first-order valence-electron chi connectivity index (χ1n) is 6.39. The van der Waals surface area contributed by atoms with Crippen molar-refractivity contribution in [2.45, 2.75) is 13.0 Å². The largest absolute Gasteiger partial charge is 0.389 e. The first-order valence-corrected chi connectivity index (χ1v) is 6.79. The summed E-state index contributed by atoms with van der Waals surface area (Å²) in [6.45, 7) is 0.334. The highest BCUT2D eigenvalue weighted by molar-refractivity contribution is 7.80. The number of hydrogen-bond donors (Lipinski definition) is 2. The van der Waals surface area contributed by atoms with E-state index >= 15 is 0 Å². The molecular formula is C14H16N4O2S. The van der Waals surface area contributed by atoms with Crippen molar-refractivity contribution in [3.05, 3.63) is 52.7 Å². The summed E-state index contributed by atoms with van der Waals surface area (Å²) < 4.78 is 2.95. The Morgan fingerprint density at radius 2 is 2.14 bits per heavy atom. The van der Waals surface area contributed by atoms with E-state index in [0.29, 0.717) is 17.8 Å². The molecule has 2 rings (SSSR count). The molecule has 0 aliphatic rings. The van der Waals surface area contributed by atoms with Gasteiger partial charge in [0, 0.05) is 43.7 Å². The summed E-state index contributed by atoms with van der Waals surface area (Å²) in [7, 11) is 1.67. The van der Waals surface area contributed by atoms with Crippen LogP contribution in [0.2, 0.25) is 0 Å². The summed E-state index contributed by atoms with van der Waals surface area (Å²) in [6.07, 6.45) is 3.52. The standard InChI is InChI=1S/C14H16N4O2S/c1-17-7-8-18(14(17)20)6-5-12(19)16-11-4-2-3-10(9-11)13(15)21/h2-4,7-9H,5-6H2,1H3,(H2,15,21)(H,16,19). The molecule has 2 aromatic rings. The molecule has 110 valence electrons. The molecule has 1 aromatic heterocycles. The van der Waals surface area contributed by atoms with Gasteiger partial charge >= 0.3 is 5.69 Å². The highest BCUT2D eigenvalue weighted by Gasteiger charge is 2.06. The van der Waals surface area contributed by atoms with E-state index in [-0.39, 0.29) is 23.0 Å². The third kappa shape index (κ3) is 3.79. The van der Waals surface area contributed by atoms with Crippen LogP contribution in [0, 0.1) is 0 Å². The Morgan fingerprint density at radius 3 is 2.76 bits per heavy atom. The van der Waals surface area contributed by atoms with E-state index < -0.39 is 0 Å². The fourth-order valence-electron chi connectivity index (χ4n) is 1.88. The van der Waals surface area contributed by atoms with Crippen LogP contribution in [0.15, 0.2) is 41.5 Å². The van der Waals surface area contributed by atoms with Crippen LogP contribution in [0.5, 0.6) is 0 Å². The lowest BCUT2D eigenvalue weighted by atomic mass is 10.2. The van der Waals surface area contributed by atoms with Gasteiger partial charge in [-0.3, -0.25) is 9.36 Å². The van der Waals surface area contributed by atoms with Gasteiger partial charge in [-0.2, -0.15) is 0 Å². The topological polar surface area (TPSA) is 82.1 Å². The van der Waals surface area contributed by atoms with Gasteiger partial charge in [-0.1, -0.05) is 24.4 Å². The second kappa shape index (κ2) is 6.36. The van der Waals surface area contributed by atoms with Crippen molar-refractivity contribution in [1.29, 1.82) is 0 Å². The quantitative estimate of drug-likeness (QED) is 0.802. The van der Waals surface area contributed by atoms with Gasteiger partial charge in [-0.25, -0.2) is 4.79 Å². The third-order valence-corrected chi connectivity index (χ3v) is 3.26. The highest BCUT2D eigenvalue weighted by Crippen LogP contribution is 2.11. The Kier molecular flexibility index (Phi) is 4.54. The van der Waals surface area contributed by atoms with Gasteiger partial charge in [0.2, 0.25) is 5.91 Å². The third-order valence-electron chi connectivity index (χ3n) is 3.03. The molecule has 0 radical (unpaired) electrons. The average Bonchev–Trinajstić information content (AvgIpc) is 2.77. The van der Waals surface area contributed by atoms with E-state index in [4.69, 9.17) is 18.0 Å². The van der Waals surface area contributed by atoms with Crippen LogP contribution in [0.25, 0.3) is 0 Å². The average molecular weight is 304 g/mol. The number of rotatable bonds is 5. The summed E-state index contributed by atoms with van der Waals surface area (Å²) in [5.74, 6) is -0.175. The normalized spacial score (nSPS) is 10.3. The van der Waals surface area contributed by atoms with Gasteiger partial charge in [0.05, 0.1) is 0 Å². The molecule has 1 aromatic carbocycles. The molecule has 0 aliphatic heterocycles. The minimum atomic E-state index is -0.175. The number of aryl methyl sites for hydroxylation is 2. The summed E-state index contributed by atoms with van der Waals surface area (Å²) in [4.78, 5) is 23.8. The molecule has 0 bridgehead atoms. The summed E-state index contributed by atoms with van der Waals surface area (Å²) in [6, 6.07) is 7.02. The molecule has 1 amide bonds. The molecule has 3 N–H and O–H groups in total. The smallest absolute Gasteiger partial charge is 0.327 e. The van der Waals surface area contributed by atoms with E-state index in [9.17, 15) is 9.59 Å². The lowest BCUT2D eigenvalue weighted by Gasteiger charge is -2.07. The second-order valence-corrected chi connectivity index (χ2v) is 5.07. The monoisotopic (exact) mass is 304 g/mol. The number of aromatic nitrogens is 2. The first kappa shape index (κ1) is 15.0. The van der Waals surface area contributed by atoms with Crippen molar-refractivity contribution < 1.29 is 4.79 Å². The van der Waals surface area contributed by atoms with Crippen LogP contribution in [0.4, 0.5) is 5.69 Å². The molecule has 0 spiro atoms. The van der Waals surface area contributed by atoms with Gasteiger partial charge in [0.15, 0.2) is 0 Å². The number of nitrogens with zero attached hydrogens (tertiary/aromatic N) is 2. The fraction of sp³-hybridized carbons (Fsp3) is 0.214. The maximum Gasteiger partial charge on any atom is 0.327 e. The van der Waals surface area contributed by atoms with Crippen molar-refractivity contribution in [3.8, 4) is 0 Å². The van der Waals surface area contributed by atoms with Crippen molar-refractivity contribution >= 4 is 28.8 Å². The number of nitrogens with one attached hydrogen (secondary N) is 1. The molecule has 0 atom stereocenters. The van der Waals surface area contributed by atoms with Crippen LogP contribution in [0.1, 0.15) is 12.0 Å². The molecule has 0 unspecified atom stereocenters. The Labute approximate surface area is 127 Å². The van der Waals surface area contributed by atoms with Crippen molar-refractivity contribution in [3.63, 3.8) is 0 Å². The van der Waals surface area contributed by atoms with Crippen molar-refractivity contribution in [2.24, 2.45) is 12.8 Å².